The number of carbonyl (C=O) groups is 3. The molecule has 0 spiro atoms. The Morgan fingerprint density at radius 3 is 2.56 bits per heavy atom. The summed E-state index contributed by atoms with van der Waals surface area (Å²) in [5.41, 5.74) is 1.14. The predicted molar refractivity (Wildman–Crippen MR) is 125 cm³/mol. The number of hydrogen-bond donors (Lipinski definition) is 2. The molecule has 0 saturated carbocycles. The largest absolute Gasteiger partial charge is 0.493 e. The number of benzene rings is 2. The predicted octanol–water partition coefficient (Wildman–Crippen LogP) is 4.13. The van der Waals surface area contributed by atoms with Crippen molar-refractivity contribution >= 4 is 69.6 Å². The molecule has 1 aliphatic rings. The van der Waals surface area contributed by atoms with Crippen molar-refractivity contribution < 1.29 is 23.9 Å². The molecule has 1 aliphatic heterocycles. The van der Waals surface area contributed by atoms with Crippen LogP contribution in [0.25, 0.3) is 6.08 Å². The van der Waals surface area contributed by atoms with E-state index >= 15 is 0 Å². The van der Waals surface area contributed by atoms with E-state index in [9.17, 15) is 14.4 Å². The fourth-order valence-corrected chi connectivity index (χ4v) is 3.73. The quantitative estimate of drug-likeness (QED) is 0.586. The second-order valence-corrected chi connectivity index (χ2v) is 8.24. The molecule has 0 atom stereocenters. The molecule has 3 rings (SSSR count). The van der Waals surface area contributed by atoms with Gasteiger partial charge < -0.3 is 20.1 Å². The number of ether oxygens (including phenoxy) is 2. The van der Waals surface area contributed by atoms with E-state index in [1.165, 1.54) is 20.1 Å². The van der Waals surface area contributed by atoms with Gasteiger partial charge in [0, 0.05) is 12.6 Å². The highest BCUT2D eigenvalue weighted by atomic mass is 35.5. The van der Waals surface area contributed by atoms with E-state index in [2.05, 4.69) is 15.6 Å². The molecule has 0 saturated heterocycles. The fraction of sp³-hybridized carbons (Fsp3) is 0.143. The van der Waals surface area contributed by atoms with Crippen LogP contribution in [0.5, 0.6) is 11.5 Å². The Labute approximate surface area is 198 Å². The summed E-state index contributed by atoms with van der Waals surface area (Å²) in [7, 11) is 1.46. The van der Waals surface area contributed by atoms with Crippen LogP contribution in [0.3, 0.4) is 0 Å². The van der Waals surface area contributed by atoms with Gasteiger partial charge in [-0.2, -0.15) is 4.99 Å². The van der Waals surface area contributed by atoms with Crippen molar-refractivity contribution in [1.29, 1.82) is 0 Å². The summed E-state index contributed by atoms with van der Waals surface area (Å²) < 4.78 is 10.9. The standard InChI is InChI=1S/C21H17Cl2N3O5S/c1-11(27)24-21-26-20(29)18(32-21)8-12-3-6-16(17(7-12)30-2)31-10-19(28)25-13-4-5-14(22)15(23)9-13/h3-9H,10H2,1-2H3,(H,25,28)(H,24,26,27,29)/b18-8+. The molecule has 0 bridgehead atoms. The van der Waals surface area contributed by atoms with Gasteiger partial charge in [0.2, 0.25) is 5.91 Å². The number of nitrogens with one attached hydrogen (secondary N) is 2. The molecule has 3 amide bonds. The summed E-state index contributed by atoms with van der Waals surface area (Å²) in [5, 5.41) is 6.09. The van der Waals surface area contributed by atoms with Gasteiger partial charge >= 0.3 is 0 Å². The van der Waals surface area contributed by atoms with E-state index in [1.807, 2.05) is 0 Å². The lowest BCUT2D eigenvalue weighted by Gasteiger charge is -2.12. The molecule has 2 aromatic rings. The van der Waals surface area contributed by atoms with Crippen LogP contribution in [0, 0.1) is 0 Å². The highest BCUT2D eigenvalue weighted by Gasteiger charge is 2.22. The van der Waals surface area contributed by atoms with Crippen LogP contribution in [0.2, 0.25) is 10.0 Å². The molecule has 11 heteroatoms. The van der Waals surface area contributed by atoms with Gasteiger partial charge in [0.15, 0.2) is 23.3 Å². The Balaban J connectivity index is 1.64. The van der Waals surface area contributed by atoms with Gasteiger partial charge in [-0.25, -0.2) is 0 Å². The smallest absolute Gasteiger partial charge is 0.286 e. The van der Waals surface area contributed by atoms with E-state index in [-0.39, 0.29) is 17.7 Å². The number of amides is 3. The van der Waals surface area contributed by atoms with E-state index in [4.69, 9.17) is 32.7 Å². The lowest BCUT2D eigenvalue weighted by molar-refractivity contribution is -0.118. The highest BCUT2D eigenvalue weighted by Crippen LogP contribution is 2.32. The topological polar surface area (TPSA) is 106 Å². The van der Waals surface area contributed by atoms with Gasteiger partial charge in [0.1, 0.15) is 0 Å². The van der Waals surface area contributed by atoms with Crippen LogP contribution >= 0.6 is 35.0 Å². The average Bonchev–Trinajstić information content (AvgIpc) is 3.07. The fourth-order valence-electron chi connectivity index (χ4n) is 2.57. The molecule has 2 N–H and O–H groups in total. The molecule has 0 radical (unpaired) electrons. The van der Waals surface area contributed by atoms with E-state index < -0.39 is 11.8 Å². The van der Waals surface area contributed by atoms with Crippen LogP contribution in [0.1, 0.15) is 12.5 Å². The van der Waals surface area contributed by atoms with Crippen molar-refractivity contribution in [3.05, 3.63) is 56.9 Å². The maximum Gasteiger partial charge on any atom is 0.286 e. The first-order chi connectivity index (χ1) is 15.2. The van der Waals surface area contributed by atoms with E-state index in [0.29, 0.717) is 37.7 Å². The maximum atomic E-state index is 12.2. The number of amidine groups is 1. The van der Waals surface area contributed by atoms with Crippen molar-refractivity contribution in [3.8, 4) is 11.5 Å². The molecule has 0 unspecified atom stereocenters. The summed E-state index contributed by atoms with van der Waals surface area (Å²) >= 11 is 12.9. The number of carbonyl (C=O) groups excluding carboxylic acids is 3. The van der Waals surface area contributed by atoms with E-state index in [0.717, 1.165) is 11.8 Å². The Kier molecular flexibility index (Phi) is 7.79. The molecule has 1 heterocycles. The Hall–Kier alpha value is -3.01. The molecule has 2 aromatic carbocycles. The summed E-state index contributed by atoms with van der Waals surface area (Å²) in [4.78, 5) is 39.5. The molecule has 0 fully saturated rings. The minimum Gasteiger partial charge on any atom is -0.493 e. The molecule has 166 valence electrons. The van der Waals surface area contributed by atoms with Gasteiger partial charge in [-0.15, -0.1) is 0 Å². The van der Waals surface area contributed by atoms with Crippen LogP contribution < -0.4 is 20.1 Å². The first-order valence-corrected chi connectivity index (χ1v) is 10.7. The van der Waals surface area contributed by atoms with Crippen LogP contribution in [0.4, 0.5) is 5.69 Å². The second kappa shape index (κ2) is 10.5. The summed E-state index contributed by atoms with van der Waals surface area (Å²) in [6.45, 7) is 1.07. The zero-order chi connectivity index (χ0) is 23.3. The lowest BCUT2D eigenvalue weighted by atomic mass is 10.2. The van der Waals surface area contributed by atoms with Crippen molar-refractivity contribution in [2.24, 2.45) is 4.99 Å². The zero-order valence-electron chi connectivity index (χ0n) is 16.9. The number of methoxy groups -OCH3 is 1. The van der Waals surface area contributed by atoms with Crippen LogP contribution in [-0.4, -0.2) is 36.6 Å². The number of halogens is 2. The molecule has 0 aliphatic carbocycles. The average molecular weight is 494 g/mol. The summed E-state index contributed by atoms with van der Waals surface area (Å²) in [6.07, 6.45) is 1.62. The van der Waals surface area contributed by atoms with Crippen molar-refractivity contribution in [1.82, 2.24) is 5.32 Å². The van der Waals surface area contributed by atoms with Gasteiger partial charge in [0.25, 0.3) is 11.8 Å². The lowest BCUT2D eigenvalue weighted by Crippen LogP contribution is -2.23. The third-order valence-corrected chi connectivity index (χ3v) is 5.59. The van der Waals surface area contributed by atoms with Gasteiger partial charge in [-0.3, -0.25) is 14.4 Å². The number of rotatable bonds is 6. The monoisotopic (exact) mass is 493 g/mol. The Morgan fingerprint density at radius 1 is 1.09 bits per heavy atom. The molecular weight excluding hydrogens is 477 g/mol. The Bertz CT molecular complexity index is 1150. The number of hydrogen-bond acceptors (Lipinski definition) is 6. The highest BCUT2D eigenvalue weighted by molar-refractivity contribution is 8.18. The summed E-state index contributed by atoms with van der Waals surface area (Å²) in [6, 6.07) is 9.72. The van der Waals surface area contributed by atoms with Crippen LogP contribution in [-0.2, 0) is 14.4 Å². The van der Waals surface area contributed by atoms with E-state index in [1.54, 1.807) is 36.4 Å². The van der Waals surface area contributed by atoms with Crippen molar-refractivity contribution in [2.75, 3.05) is 19.0 Å². The number of aliphatic imine (C=N–C) groups is 1. The van der Waals surface area contributed by atoms with Crippen molar-refractivity contribution in [2.45, 2.75) is 6.92 Å². The van der Waals surface area contributed by atoms with Gasteiger partial charge in [-0.05, 0) is 53.7 Å². The first kappa shape index (κ1) is 23.6. The minimum absolute atomic E-state index is 0.230. The molecule has 32 heavy (non-hydrogen) atoms. The van der Waals surface area contributed by atoms with Crippen molar-refractivity contribution in [3.63, 3.8) is 0 Å². The van der Waals surface area contributed by atoms with Gasteiger partial charge in [0.05, 0.1) is 22.1 Å². The molecule has 8 nitrogen and oxygen atoms in total. The first-order valence-electron chi connectivity index (χ1n) is 9.11. The number of nitrogens with zero attached hydrogens (tertiary/aromatic N) is 1. The second-order valence-electron chi connectivity index (χ2n) is 6.39. The van der Waals surface area contributed by atoms with Crippen LogP contribution in [0.15, 0.2) is 46.3 Å². The normalized spacial score (nSPS) is 14.2. The SMILES string of the molecule is COc1cc(/C=C2/SC(NC(C)=O)=NC2=O)ccc1OCC(=O)Nc1ccc(Cl)c(Cl)c1. The minimum atomic E-state index is -0.447. The number of thioether (sulfide) groups is 1. The zero-order valence-corrected chi connectivity index (χ0v) is 19.2. The molecule has 0 aromatic heterocycles. The van der Waals surface area contributed by atoms with Gasteiger partial charge in [-0.1, -0.05) is 29.3 Å². The summed E-state index contributed by atoms with van der Waals surface area (Å²) in [5.74, 6) is -0.430. The number of anilines is 1. The Morgan fingerprint density at radius 2 is 1.88 bits per heavy atom. The maximum absolute atomic E-state index is 12.2. The third-order valence-electron chi connectivity index (χ3n) is 3.95. The molecular formula is C21H17Cl2N3O5S. The third kappa shape index (κ3) is 6.25.